The average molecular weight is 415 g/mol. The number of aliphatic hydroxyl groups is 4. The number of carbonyl (C=O) groups is 1. The van der Waals surface area contributed by atoms with Crippen molar-refractivity contribution in [1.29, 1.82) is 0 Å². The summed E-state index contributed by atoms with van der Waals surface area (Å²) in [6.07, 6.45) is -6.68. The SMILES string of the molecule is COC(=O)[C@@H](O)[C@@H]1OC(CO)[C@H](O)[C@H](n2cc(-c3cc(F)cc(F)c3)nn2)C1O. The summed E-state index contributed by atoms with van der Waals surface area (Å²) < 4.78 is 37.6. The van der Waals surface area contributed by atoms with E-state index in [2.05, 4.69) is 15.0 Å². The Morgan fingerprint density at radius 1 is 1.28 bits per heavy atom. The molecule has 0 spiro atoms. The van der Waals surface area contributed by atoms with Crippen LogP contribution >= 0.6 is 0 Å². The quantitative estimate of drug-likeness (QED) is 0.441. The van der Waals surface area contributed by atoms with Crippen molar-refractivity contribution in [1.82, 2.24) is 15.0 Å². The van der Waals surface area contributed by atoms with Crippen LogP contribution in [0.2, 0.25) is 0 Å². The zero-order valence-electron chi connectivity index (χ0n) is 15.1. The number of hydrogen-bond acceptors (Lipinski definition) is 9. The van der Waals surface area contributed by atoms with Gasteiger partial charge < -0.3 is 29.9 Å². The van der Waals surface area contributed by atoms with Crippen molar-refractivity contribution in [3.63, 3.8) is 0 Å². The highest BCUT2D eigenvalue weighted by molar-refractivity contribution is 5.75. The van der Waals surface area contributed by atoms with Crippen LogP contribution in [0.1, 0.15) is 6.04 Å². The Kier molecular flexibility index (Phi) is 6.19. The van der Waals surface area contributed by atoms with Crippen LogP contribution in [0, 0.1) is 11.6 Å². The maximum atomic E-state index is 13.5. The third-order valence-corrected chi connectivity index (χ3v) is 4.66. The molecule has 158 valence electrons. The molecule has 4 N–H and O–H groups in total. The van der Waals surface area contributed by atoms with Gasteiger partial charge in [0.1, 0.15) is 47.8 Å². The normalized spacial score (nSPS) is 28.2. The first-order valence-electron chi connectivity index (χ1n) is 8.53. The molecule has 0 aliphatic carbocycles. The summed E-state index contributed by atoms with van der Waals surface area (Å²) >= 11 is 0. The van der Waals surface area contributed by atoms with Crippen LogP contribution < -0.4 is 0 Å². The van der Waals surface area contributed by atoms with Crippen molar-refractivity contribution in [3.05, 3.63) is 36.0 Å². The number of aliphatic hydroxyl groups excluding tert-OH is 4. The van der Waals surface area contributed by atoms with E-state index in [0.717, 1.165) is 23.9 Å². The number of benzene rings is 1. The Bertz CT molecular complexity index is 860. The van der Waals surface area contributed by atoms with Crippen LogP contribution in [0.25, 0.3) is 11.3 Å². The van der Waals surface area contributed by atoms with Gasteiger partial charge in [-0.05, 0) is 12.1 Å². The van der Waals surface area contributed by atoms with Crippen molar-refractivity contribution in [2.24, 2.45) is 0 Å². The van der Waals surface area contributed by atoms with Crippen LogP contribution in [0.3, 0.4) is 0 Å². The van der Waals surface area contributed by atoms with Gasteiger partial charge in [-0.3, -0.25) is 0 Å². The second-order valence-electron chi connectivity index (χ2n) is 6.50. The van der Waals surface area contributed by atoms with Crippen LogP contribution in [0.5, 0.6) is 0 Å². The Morgan fingerprint density at radius 2 is 1.93 bits per heavy atom. The summed E-state index contributed by atoms with van der Waals surface area (Å²) in [5, 5.41) is 48.2. The topological polar surface area (TPSA) is 147 Å². The second kappa shape index (κ2) is 8.47. The first kappa shape index (κ1) is 21.2. The number of hydrogen-bond donors (Lipinski definition) is 4. The maximum Gasteiger partial charge on any atom is 0.337 e. The highest BCUT2D eigenvalue weighted by atomic mass is 19.1. The maximum absolute atomic E-state index is 13.5. The predicted octanol–water partition coefficient (Wildman–Crippen LogP) is -1.22. The smallest absolute Gasteiger partial charge is 0.337 e. The lowest BCUT2D eigenvalue weighted by Gasteiger charge is -2.43. The minimum atomic E-state index is -1.90. The molecule has 29 heavy (non-hydrogen) atoms. The molecular formula is C17H19F2N3O7. The van der Waals surface area contributed by atoms with E-state index in [0.29, 0.717) is 6.07 Å². The number of rotatable bonds is 5. The third kappa shape index (κ3) is 4.11. The van der Waals surface area contributed by atoms with E-state index in [1.807, 2.05) is 0 Å². The van der Waals surface area contributed by atoms with E-state index < -0.39 is 60.8 Å². The van der Waals surface area contributed by atoms with Crippen molar-refractivity contribution >= 4 is 5.97 Å². The van der Waals surface area contributed by atoms with E-state index in [-0.39, 0.29) is 11.3 Å². The molecule has 1 fully saturated rings. The van der Waals surface area contributed by atoms with E-state index in [1.54, 1.807) is 0 Å². The van der Waals surface area contributed by atoms with E-state index in [1.165, 1.54) is 6.20 Å². The number of methoxy groups -OCH3 is 1. The predicted molar refractivity (Wildman–Crippen MR) is 90.2 cm³/mol. The fraction of sp³-hybridized carbons (Fsp3) is 0.471. The molecule has 12 heteroatoms. The summed E-state index contributed by atoms with van der Waals surface area (Å²) in [6, 6.07) is 1.43. The molecule has 3 rings (SSSR count). The van der Waals surface area contributed by atoms with Crippen LogP contribution in [0.15, 0.2) is 24.4 Å². The van der Waals surface area contributed by atoms with Crippen LogP contribution in [0.4, 0.5) is 8.78 Å². The molecule has 1 saturated heterocycles. The average Bonchev–Trinajstić information content (AvgIpc) is 3.16. The van der Waals surface area contributed by atoms with Gasteiger partial charge in [-0.15, -0.1) is 5.10 Å². The van der Waals surface area contributed by atoms with Crippen LogP contribution in [-0.2, 0) is 14.3 Å². The number of esters is 1. The van der Waals surface area contributed by atoms with Crippen molar-refractivity contribution in [2.45, 2.75) is 36.6 Å². The van der Waals surface area contributed by atoms with Crippen molar-refractivity contribution < 1.29 is 43.5 Å². The van der Waals surface area contributed by atoms with Gasteiger partial charge in [-0.2, -0.15) is 0 Å². The van der Waals surface area contributed by atoms with E-state index >= 15 is 0 Å². The van der Waals surface area contributed by atoms with E-state index in [9.17, 15) is 34.0 Å². The number of nitrogens with zero attached hydrogens (tertiary/aromatic N) is 3. The third-order valence-electron chi connectivity index (χ3n) is 4.66. The van der Waals surface area contributed by atoms with E-state index in [4.69, 9.17) is 4.74 Å². The fourth-order valence-corrected chi connectivity index (χ4v) is 3.22. The number of halogens is 2. The second-order valence-corrected chi connectivity index (χ2v) is 6.50. The van der Waals surface area contributed by atoms with Crippen molar-refractivity contribution in [3.8, 4) is 11.3 Å². The monoisotopic (exact) mass is 415 g/mol. The Morgan fingerprint density at radius 3 is 2.52 bits per heavy atom. The molecule has 0 radical (unpaired) electrons. The lowest BCUT2D eigenvalue weighted by molar-refractivity contribution is -0.232. The minimum Gasteiger partial charge on any atom is -0.467 e. The van der Waals surface area contributed by atoms with Gasteiger partial charge >= 0.3 is 5.97 Å². The summed E-state index contributed by atoms with van der Waals surface area (Å²) in [6.45, 7) is -0.689. The molecule has 1 aromatic heterocycles. The Labute approximate surface area is 162 Å². The fourth-order valence-electron chi connectivity index (χ4n) is 3.22. The van der Waals surface area contributed by atoms with Gasteiger partial charge in [0.2, 0.25) is 0 Å². The molecule has 2 aromatic rings. The molecule has 10 nitrogen and oxygen atoms in total. The van der Waals surface area contributed by atoms with Crippen molar-refractivity contribution in [2.75, 3.05) is 13.7 Å². The minimum absolute atomic E-state index is 0.0416. The first-order chi connectivity index (χ1) is 13.8. The molecule has 0 bridgehead atoms. The lowest BCUT2D eigenvalue weighted by Crippen LogP contribution is -2.60. The molecule has 1 aromatic carbocycles. The summed E-state index contributed by atoms with van der Waals surface area (Å²) in [5.74, 6) is -2.75. The zero-order valence-corrected chi connectivity index (χ0v) is 15.1. The molecule has 0 amide bonds. The molecule has 2 heterocycles. The van der Waals surface area contributed by atoms with Crippen LogP contribution in [-0.4, -0.2) is 85.6 Å². The molecule has 1 aliphatic heterocycles. The molecule has 6 atom stereocenters. The highest BCUT2D eigenvalue weighted by Gasteiger charge is 2.50. The summed E-state index contributed by atoms with van der Waals surface area (Å²) in [5.41, 5.74) is 0.106. The number of ether oxygens (including phenoxy) is 2. The lowest BCUT2D eigenvalue weighted by atomic mass is 9.90. The van der Waals surface area contributed by atoms with Gasteiger partial charge in [-0.1, -0.05) is 5.21 Å². The largest absolute Gasteiger partial charge is 0.467 e. The Balaban J connectivity index is 1.95. The summed E-state index contributed by atoms with van der Waals surface area (Å²) in [7, 11) is 1.03. The zero-order chi connectivity index (χ0) is 21.3. The summed E-state index contributed by atoms with van der Waals surface area (Å²) in [4.78, 5) is 11.6. The van der Waals surface area contributed by atoms with Gasteiger partial charge in [0.15, 0.2) is 6.10 Å². The van der Waals surface area contributed by atoms with Gasteiger partial charge in [0, 0.05) is 11.6 Å². The molecule has 0 saturated carbocycles. The van der Waals surface area contributed by atoms with Gasteiger partial charge in [0.25, 0.3) is 0 Å². The number of aromatic nitrogens is 3. The molecule has 2 unspecified atom stereocenters. The highest BCUT2D eigenvalue weighted by Crippen LogP contribution is 2.32. The Hall–Kier alpha value is -2.51. The molecular weight excluding hydrogens is 396 g/mol. The number of carbonyl (C=O) groups excluding carboxylic acids is 1. The molecule has 1 aliphatic rings. The van der Waals surface area contributed by atoms with Gasteiger partial charge in [-0.25, -0.2) is 18.3 Å². The van der Waals surface area contributed by atoms with Gasteiger partial charge in [0.05, 0.1) is 19.9 Å². The first-order valence-corrected chi connectivity index (χ1v) is 8.53. The standard InChI is InChI=1S/C17H19F2N3O7/c1-28-17(27)15(26)16-14(25)12(13(24)11(6-23)29-16)22-5-10(20-21-22)7-2-8(18)4-9(19)3-7/h2-5,11-16,23-26H,6H2,1H3/t11?,12-,13-,14?,15-,16+/m0/s1.